The normalized spacial score (nSPS) is 11.3. The van der Waals surface area contributed by atoms with Crippen LogP contribution in [0.4, 0.5) is 24.5 Å². The smallest absolute Gasteiger partial charge is 0.405 e. The van der Waals surface area contributed by atoms with E-state index in [9.17, 15) is 18.0 Å². The third kappa shape index (κ3) is 4.70. The molecule has 0 atom stereocenters. The molecule has 8 heteroatoms. The van der Waals surface area contributed by atoms with Gasteiger partial charge in [0, 0.05) is 12.2 Å². The maximum atomic E-state index is 12.7. The highest BCUT2D eigenvalue weighted by Gasteiger charge is 2.33. The van der Waals surface area contributed by atoms with Crippen LogP contribution in [-0.2, 0) is 4.74 Å². The molecule has 0 aromatic heterocycles. The molecule has 118 valence electrons. The predicted molar refractivity (Wildman–Crippen MR) is 75.8 cm³/mol. The van der Waals surface area contributed by atoms with Crippen LogP contribution in [-0.4, -0.2) is 32.3 Å². The average Bonchev–Trinajstić information content (AvgIpc) is 2.34. The molecule has 0 fully saturated rings. The Morgan fingerprint density at radius 1 is 1.43 bits per heavy atom. The number of nitrogen functional groups attached to an aromatic ring is 1. The summed E-state index contributed by atoms with van der Waals surface area (Å²) in [6.07, 6.45) is -3.97. The number of rotatable bonds is 5. The number of nitrogens with two attached hydrogens (primary N) is 1. The number of ether oxygens (including phenoxy) is 1. The van der Waals surface area contributed by atoms with Crippen LogP contribution in [0.5, 0.6) is 0 Å². The Morgan fingerprint density at radius 2 is 2.05 bits per heavy atom. The molecule has 2 N–H and O–H groups in total. The molecule has 1 aromatic rings. The summed E-state index contributed by atoms with van der Waals surface area (Å²) in [5.74, 6) is -0.789. The molecular formula is C13H16ClF3N2O2. The Labute approximate surface area is 125 Å². The molecule has 0 aliphatic heterocycles. The van der Waals surface area contributed by atoms with Gasteiger partial charge in [0.2, 0.25) is 0 Å². The Morgan fingerprint density at radius 3 is 2.52 bits per heavy atom. The molecule has 0 unspecified atom stereocenters. The molecule has 0 saturated heterocycles. The quantitative estimate of drug-likeness (QED) is 0.665. The minimum absolute atomic E-state index is 0.0168. The van der Waals surface area contributed by atoms with Crippen LogP contribution in [0.15, 0.2) is 12.1 Å². The number of halogens is 4. The van der Waals surface area contributed by atoms with Crippen molar-refractivity contribution in [2.24, 2.45) is 0 Å². The molecule has 4 nitrogen and oxygen atoms in total. The highest BCUT2D eigenvalue weighted by molar-refractivity contribution is 6.34. The topological polar surface area (TPSA) is 55.6 Å². The van der Waals surface area contributed by atoms with E-state index in [-0.39, 0.29) is 28.5 Å². The standard InChI is InChI=1S/C13H16ClF3N2O2/c1-3-4-19(7-13(15,16)17)11-9(12(20)21-2)5-8(18)6-10(11)14/h5-6H,3-4,7,18H2,1-2H3. The SMILES string of the molecule is CCCN(CC(F)(F)F)c1c(Cl)cc(N)cc1C(=O)OC. The minimum atomic E-state index is -4.42. The zero-order valence-corrected chi connectivity index (χ0v) is 12.4. The first-order chi connectivity index (χ1) is 9.69. The largest absolute Gasteiger partial charge is 0.465 e. The lowest BCUT2D eigenvalue weighted by molar-refractivity contribution is -0.119. The van der Waals surface area contributed by atoms with Gasteiger partial charge in [-0.1, -0.05) is 18.5 Å². The van der Waals surface area contributed by atoms with Gasteiger partial charge in [-0.2, -0.15) is 13.2 Å². The number of methoxy groups -OCH3 is 1. The number of anilines is 2. The van der Waals surface area contributed by atoms with Crippen molar-refractivity contribution in [1.82, 2.24) is 0 Å². The molecular weight excluding hydrogens is 309 g/mol. The lowest BCUT2D eigenvalue weighted by Crippen LogP contribution is -2.36. The number of hydrogen-bond acceptors (Lipinski definition) is 4. The van der Waals surface area contributed by atoms with Crippen LogP contribution in [0.3, 0.4) is 0 Å². The Kier molecular flexibility index (Phi) is 5.71. The van der Waals surface area contributed by atoms with E-state index in [1.165, 1.54) is 12.1 Å². The predicted octanol–water partition coefficient (Wildman–Crippen LogP) is 3.49. The van der Waals surface area contributed by atoms with Gasteiger partial charge >= 0.3 is 12.1 Å². The molecule has 0 aliphatic carbocycles. The highest BCUT2D eigenvalue weighted by atomic mass is 35.5. The second-order valence-electron chi connectivity index (χ2n) is 4.43. The van der Waals surface area contributed by atoms with Gasteiger partial charge in [-0.3, -0.25) is 0 Å². The molecule has 0 heterocycles. The fraction of sp³-hybridized carbons (Fsp3) is 0.462. The Hall–Kier alpha value is -1.63. The van der Waals surface area contributed by atoms with Crippen LogP contribution in [0.25, 0.3) is 0 Å². The van der Waals surface area contributed by atoms with Gasteiger partial charge in [-0.05, 0) is 18.6 Å². The van der Waals surface area contributed by atoms with Crippen molar-refractivity contribution < 1.29 is 22.7 Å². The fourth-order valence-corrected chi connectivity index (χ4v) is 2.31. The second kappa shape index (κ2) is 6.89. The molecule has 21 heavy (non-hydrogen) atoms. The van der Waals surface area contributed by atoms with Crippen LogP contribution in [0, 0.1) is 0 Å². The number of hydrogen-bond donors (Lipinski definition) is 1. The molecule has 0 aliphatic rings. The Bertz CT molecular complexity index is 521. The lowest BCUT2D eigenvalue weighted by Gasteiger charge is -2.28. The monoisotopic (exact) mass is 324 g/mol. The van der Waals surface area contributed by atoms with E-state index in [2.05, 4.69) is 4.74 Å². The van der Waals surface area contributed by atoms with E-state index in [1.807, 2.05) is 0 Å². The van der Waals surface area contributed by atoms with Gasteiger partial charge < -0.3 is 15.4 Å². The molecule has 0 amide bonds. The first-order valence-electron chi connectivity index (χ1n) is 6.18. The molecule has 0 bridgehead atoms. The number of carbonyl (C=O) groups is 1. The summed E-state index contributed by atoms with van der Waals surface area (Å²) in [5.41, 5.74) is 5.66. The summed E-state index contributed by atoms with van der Waals surface area (Å²) >= 11 is 6.00. The van der Waals surface area contributed by atoms with Crippen LogP contribution in [0.1, 0.15) is 23.7 Å². The van der Waals surface area contributed by atoms with Crippen molar-refractivity contribution in [3.63, 3.8) is 0 Å². The second-order valence-corrected chi connectivity index (χ2v) is 4.83. The van der Waals surface area contributed by atoms with E-state index >= 15 is 0 Å². The maximum absolute atomic E-state index is 12.7. The minimum Gasteiger partial charge on any atom is -0.465 e. The van der Waals surface area contributed by atoms with Crippen molar-refractivity contribution in [2.75, 3.05) is 30.8 Å². The van der Waals surface area contributed by atoms with Gasteiger partial charge in [0.05, 0.1) is 23.4 Å². The van der Waals surface area contributed by atoms with Crippen molar-refractivity contribution >= 4 is 28.9 Å². The number of esters is 1. The van der Waals surface area contributed by atoms with Gasteiger partial charge in [0.1, 0.15) is 6.54 Å². The van der Waals surface area contributed by atoms with Crippen molar-refractivity contribution in [3.05, 3.63) is 22.7 Å². The molecule has 0 saturated carbocycles. The van der Waals surface area contributed by atoms with E-state index in [0.29, 0.717) is 6.42 Å². The van der Waals surface area contributed by atoms with Crippen LogP contribution >= 0.6 is 11.6 Å². The van der Waals surface area contributed by atoms with Gasteiger partial charge in [-0.25, -0.2) is 4.79 Å². The zero-order chi connectivity index (χ0) is 16.2. The van der Waals surface area contributed by atoms with E-state index in [4.69, 9.17) is 17.3 Å². The van der Waals surface area contributed by atoms with Gasteiger partial charge in [0.15, 0.2) is 0 Å². The fourth-order valence-electron chi connectivity index (χ4n) is 1.96. The third-order valence-electron chi connectivity index (χ3n) is 2.67. The number of alkyl halides is 3. The maximum Gasteiger partial charge on any atom is 0.405 e. The van der Waals surface area contributed by atoms with Crippen molar-refractivity contribution in [3.8, 4) is 0 Å². The number of carbonyl (C=O) groups excluding carboxylic acids is 1. The van der Waals surface area contributed by atoms with Crippen LogP contribution in [0.2, 0.25) is 5.02 Å². The molecule has 0 spiro atoms. The van der Waals surface area contributed by atoms with Crippen LogP contribution < -0.4 is 10.6 Å². The first kappa shape index (κ1) is 17.4. The van der Waals surface area contributed by atoms with E-state index < -0.39 is 18.7 Å². The molecule has 1 aromatic carbocycles. The zero-order valence-electron chi connectivity index (χ0n) is 11.6. The summed E-state index contributed by atoms with van der Waals surface area (Å²) in [4.78, 5) is 12.8. The van der Waals surface area contributed by atoms with Gasteiger partial charge in [-0.15, -0.1) is 0 Å². The van der Waals surface area contributed by atoms with Gasteiger partial charge in [0.25, 0.3) is 0 Å². The summed E-state index contributed by atoms with van der Waals surface area (Å²) in [5, 5.41) is -0.0203. The lowest BCUT2D eigenvalue weighted by atomic mass is 10.1. The first-order valence-corrected chi connectivity index (χ1v) is 6.56. The van der Waals surface area contributed by atoms with E-state index in [0.717, 1.165) is 12.0 Å². The summed E-state index contributed by atoms with van der Waals surface area (Å²) < 4.78 is 42.7. The summed E-state index contributed by atoms with van der Waals surface area (Å²) in [6, 6.07) is 2.56. The highest BCUT2D eigenvalue weighted by Crippen LogP contribution is 2.35. The molecule has 1 rings (SSSR count). The number of benzene rings is 1. The van der Waals surface area contributed by atoms with Crippen molar-refractivity contribution in [2.45, 2.75) is 19.5 Å². The summed E-state index contributed by atoms with van der Waals surface area (Å²) in [7, 11) is 1.14. The third-order valence-corrected chi connectivity index (χ3v) is 2.96. The van der Waals surface area contributed by atoms with Crippen molar-refractivity contribution in [1.29, 1.82) is 0 Å². The Balaban J connectivity index is 3.38. The average molecular weight is 325 g/mol. The number of nitrogens with zero attached hydrogens (tertiary/aromatic N) is 1. The molecule has 0 radical (unpaired) electrons. The summed E-state index contributed by atoms with van der Waals surface area (Å²) in [6.45, 7) is 0.605. The van der Waals surface area contributed by atoms with E-state index in [1.54, 1.807) is 6.92 Å².